The fourth-order valence-corrected chi connectivity index (χ4v) is 2.16. The van der Waals surface area contributed by atoms with Crippen molar-refractivity contribution in [3.63, 3.8) is 0 Å². The predicted molar refractivity (Wildman–Crippen MR) is 62.1 cm³/mol. The topological polar surface area (TPSA) is 40.8 Å². The van der Waals surface area contributed by atoms with Crippen molar-refractivity contribution in [3.05, 3.63) is 29.5 Å². The van der Waals surface area contributed by atoms with Crippen LogP contribution >= 0.6 is 0 Å². The molecule has 2 heterocycles. The van der Waals surface area contributed by atoms with E-state index in [9.17, 15) is 0 Å². The molecule has 4 nitrogen and oxygen atoms in total. The molecule has 4 heteroatoms. The van der Waals surface area contributed by atoms with Crippen molar-refractivity contribution in [3.8, 4) is 5.75 Å². The Morgan fingerprint density at radius 3 is 2.71 bits per heavy atom. The van der Waals surface area contributed by atoms with Gasteiger partial charge >= 0.3 is 0 Å². The second kappa shape index (κ2) is 4.05. The lowest BCUT2D eigenvalue weighted by molar-refractivity contribution is -0.0440. The Bertz CT molecular complexity index is 538. The number of furan rings is 1. The van der Waals surface area contributed by atoms with Gasteiger partial charge in [-0.3, -0.25) is 0 Å². The van der Waals surface area contributed by atoms with Gasteiger partial charge in [0.05, 0.1) is 25.9 Å². The highest BCUT2D eigenvalue weighted by molar-refractivity contribution is 5.83. The molecule has 1 aromatic carbocycles. The first kappa shape index (κ1) is 10.6. The molecule has 0 amide bonds. The Kier molecular flexibility index (Phi) is 2.53. The molecule has 90 valence electrons. The van der Waals surface area contributed by atoms with E-state index in [0.29, 0.717) is 13.2 Å². The molecule has 1 aliphatic heterocycles. The number of hydrogen-bond acceptors (Lipinski definition) is 4. The van der Waals surface area contributed by atoms with E-state index >= 15 is 0 Å². The number of methoxy groups -OCH3 is 1. The minimum atomic E-state index is -0.301. The molecule has 3 rings (SSSR count). The van der Waals surface area contributed by atoms with Crippen LogP contribution in [0.2, 0.25) is 0 Å². The van der Waals surface area contributed by atoms with Crippen molar-refractivity contribution in [1.82, 2.24) is 0 Å². The second-order valence-electron chi connectivity index (χ2n) is 4.01. The minimum Gasteiger partial charge on any atom is -0.497 e. The van der Waals surface area contributed by atoms with Crippen molar-refractivity contribution < 1.29 is 18.6 Å². The smallest absolute Gasteiger partial charge is 0.187 e. The zero-order valence-corrected chi connectivity index (χ0v) is 9.86. The van der Waals surface area contributed by atoms with E-state index in [-0.39, 0.29) is 6.29 Å². The van der Waals surface area contributed by atoms with Crippen molar-refractivity contribution >= 4 is 11.0 Å². The van der Waals surface area contributed by atoms with E-state index in [1.807, 2.05) is 25.1 Å². The summed E-state index contributed by atoms with van der Waals surface area (Å²) in [5.74, 6) is 1.62. The molecule has 1 saturated heterocycles. The molecule has 0 aliphatic carbocycles. The number of aryl methyl sites for hydroxylation is 1. The zero-order valence-electron chi connectivity index (χ0n) is 9.86. The van der Waals surface area contributed by atoms with Crippen LogP contribution in [0.25, 0.3) is 11.0 Å². The molecule has 1 aliphatic rings. The lowest BCUT2D eigenvalue weighted by Crippen LogP contribution is -1.98. The van der Waals surface area contributed by atoms with Crippen molar-refractivity contribution in [2.75, 3.05) is 20.3 Å². The molecule has 2 aromatic rings. The largest absolute Gasteiger partial charge is 0.497 e. The summed E-state index contributed by atoms with van der Waals surface area (Å²) >= 11 is 0. The first-order valence-corrected chi connectivity index (χ1v) is 5.60. The molecule has 17 heavy (non-hydrogen) atoms. The van der Waals surface area contributed by atoms with Gasteiger partial charge < -0.3 is 18.6 Å². The first-order chi connectivity index (χ1) is 8.29. The molecule has 0 spiro atoms. The molecule has 0 N–H and O–H groups in total. The summed E-state index contributed by atoms with van der Waals surface area (Å²) in [5, 5.41) is 1.02. The Hall–Kier alpha value is -1.52. The maximum Gasteiger partial charge on any atom is 0.187 e. The van der Waals surface area contributed by atoms with E-state index < -0.39 is 0 Å². The summed E-state index contributed by atoms with van der Waals surface area (Å²) in [6.07, 6.45) is -0.301. The molecular weight excluding hydrogens is 220 g/mol. The third kappa shape index (κ3) is 1.69. The Balaban J connectivity index is 2.13. The van der Waals surface area contributed by atoms with Gasteiger partial charge in [0.15, 0.2) is 6.29 Å². The summed E-state index contributed by atoms with van der Waals surface area (Å²) in [6, 6.07) is 5.77. The summed E-state index contributed by atoms with van der Waals surface area (Å²) in [6.45, 7) is 3.19. The number of hydrogen-bond donors (Lipinski definition) is 0. The van der Waals surface area contributed by atoms with Crippen LogP contribution in [0, 0.1) is 6.92 Å². The van der Waals surface area contributed by atoms with Crippen LogP contribution in [0.5, 0.6) is 5.75 Å². The normalized spacial score (nSPS) is 16.8. The van der Waals surface area contributed by atoms with Crippen LogP contribution in [0.4, 0.5) is 0 Å². The SMILES string of the molecule is COc1ccc2c(C3OCCO3)c(C)oc2c1. The Morgan fingerprint density at radius 2 is 2.00 bits per heavy atom. The first-order valence-electron chi connectivity index (χ1n) is 5.60. The molecular formula is C13H14O4. The third-order valence-electron chi connectivity index (χ3n) is 2.98. The van der Waals surface area contributed by atoms with Crippen LogP contribution in [-0.4, -0.2) is 20.3 Å². The summed E-state index contributed by atoms with van der Waals surface area (Å²) < 4.78 is 21.9. The van der Waals surface area contributed by atoms with Crippen LogP contribution < -0.4 is 4.74 Å². The van der Waals surface area contributed by atoms with Gasteiger partial charge in [0.1, 0.15) is 17.1 Å². The molecule has 0 bridgehead atoms. The van der Waals surface area contributed by atoms with E-state index in [1.54, 1.807) is 7.11 Å². The van der Waals surface area contributed by atoms with Gasteiger partial charge in [0.25, 0.3) is 0 Å². The number of fused-ring (bicyclic) bond motifs is 1. The van der Waals surface area contributed by atoms with Crippen molar-refractivity contribution in [1.29, 1.82) is 0 Å². The molecule has 0 radical (unpaired) electrons. The molecule has 1 fully saturated rings. The summed E-state index contributed by atoms with van der Waals surface area (Å²) in [5.41, 5.74) is 1.79. The number of ether oxygens (including phenoxy) is 3. The highest BCUT2D eigenvalue weighted by atomic mass is 16.7. The van der Waals surface area contributed by atoms with Gasteiger partial charge in [-0.15, -0.1) is 0 Å². The molecule has 0 atom stereocenters. The van der Waals surface area contributed by atoms with Gasteiger partial charge in [-0.25, -0.2) is 0 Å². The zero-order chi connectivity index (χ0) is 11.8. The second-order valence-corrected chi connectivity index (χ2v) is 4.01. The van der Waals surface area contributed by atoms with E-state index in [4.69, 9.17) is 18.6 Å². The number of benzene rings is 1. The van der Waals surface area contributed by atoms with Crippen LogP contribution in [-0.2, 0) is 9.47 Å². The van der Waals surface area contributed by atoms with Gasteiger partial charge in [0.2, 0.25) is 0 Å². The molecule has 0 saturated carbocycles. The molecule has 1 aromatic heterocycles. The standard InChI is InChI=1S/C13H14O4/c1-8-12(13-15-5-6-16-13)10-4-3-9(14-2)7-11(10)17-8/h3-4,7,13H,5-6H2,1-2H3. The third-order valence-corrected chi connectivity index (χ3v) is 2.98. The van der Waals surface area contributed by atoms with Gasteiger partial charge in [-0.05, 0) is 19.1 Å². The van der Waals surface area contributed by atoms with Crippen LogP contribution in [0.3, 0.4) is 0 Å². The maximum atomic E-state index is 5.71. The van der Waals surface area contributed by atoms with Crippen molar-refractivity contribution in [2.45, 2.75) is 13.2 Å². The van der Waals surface area contributed by atoms with E-state index in [2.05, 4.69) is 0 Å². The van der Waals surface area contributed by atoms with Gasteiger partial charge in [-0.2, -0.15) is 0 Å². The van der Waals surface area contributed by atoms with E-state index in [1.165, 1.54) is 0 Å². The molecule has 0 unspecified atom stereocenters. The fraction of sp³-hybridized carbons (Fsp3) is 0.385. The average molecular weight is 234 g/mol. The highest BCUT2D eigenvalue weighted by Gasteiger charge is 2.25. The van der Waals surface area contributed by atoms with Crippen LogP contribution in [0.1, 0.15) is 17.6 Å². The van der Waals surface area contributed by atoms with Gasteiger partial charge in [0, 0.05) is 11.5 Å². The monoisotopic (exact) mass is 234 g/mol. The van der Waals surface area contributed by atoms with Crippen LogP contribution in [0.15, 0.2) is 22.6 Å². The lowest BCUT2D eigenvalue weighted by atomic mass is 10.1. The van der Waals surface area contributed by atoms with Crippen molar-refractivity contribution in [2.24, 2.45) is 0 Å². The Morgan fingerprint density at radius 1 is 1.24 bits per heavy atom. The van der Waals surface area contributed by atoms with E-state index in [0.717, 1.165) is 28.0 Å². The quantitative estimate of drug-likeness (QED) is 0.801. The lowest BCUT2D eigenvalue weighted by Gasteiger charge is -2.08. The van der Waals surface area contributed by atoms with Gasteiger partial charge in [-0.1, -0.05) is 0 Å². The average Bonchev–Trinajstić information content (AvgIpc) is 2.93. The number of rotatable bonds is 2. The fourth-order valence-electron chi connectivity index (χ4n) is 2.16. The maximum absolute atomic E-state index is 5.71. The Labute approximate surface area is 99.1 Å². The predicted octanol–water partition coefficient (Wildman–Crippen LogP) is 2.80. The summed E-state index contributed by atoms with van der Waals surface area (Å²) in [4.78, 5) is 0. The summed E-state index contributed by atoms with van der Waals surface area (Å²) in [7, 11) is 1.64. The minimum absolute atomic E-state index is 0.301. The highest BCUT2D eigenvalue weighted by Crippen LogP contribution is 2.36.